The number of fused-ring (bicyclic) bond motifs is 3. The number of hydrogen-bond acceptors (Lipinski definition) is 2. The molecule has 0 radical (unpaired) electrons. The molecule has 1 aliphatic carbocycles. The van der Waals surface area contributed by atoms with Crippen molar-refractivity contribution >= 4 is 0 Å². The minimum Gasteiger partial charge on any atom is -0.314 e. The minimum atomic E-state index is 0.655. The molecule has 1 aromatic rings. The zero-order chi connectivity index (χ0) is 10.5. The summed E-state index contributed by atoms with van der Waals surface area (Å²) in [5.41, 5.74) is 4.93. The quantitative estimate of drug-likeness (QED) is 0.769. The fourth-order valence-corrected chi connectivity index (χ4v) is 3.34. The highest BCUT2D eigenvalue weighted by Gasteiger charge is 2.36. The molecule has 1 atom stereocenters. The normalized spacial score (nSPS) is 28.9. The number of benzene rings is 1. The van der Waals surface area contributed by atoms with Crippen LogP contribution in [0, 0.1) is 0 Å². The van der Waals surface area contributed by atoms with Crippen LogP contribution in [0.2, 0.25) is 0 Å². The smallest absolute Gasteiger partial charge is 0.0480 e. The Balaban J connectivity index is 1.79. The Morgan fingerprint density at radius 1 is 1.19 bits per heavy atom. The van der Waals surface area contributed by atoms with Crippen LogP contribution in [0.1, 0.15) is 41.5 Å². The molecule has 2 heterocycles. The summed E-state index contributed by atoms with van der Waals surface area (Å²) < 4.78 is 0. The third kappa shape index (κ3) is 1.26. The molecular weight excluding hydrogens is 196 g/mol. The number of nitrogens with one attached hydrogen (secondary N) is 1. The van der Waals surface area contributed by atoms with Gasteiger partial charge in [-0.05, 0) is 35.4 Å². The van der Waals surface area contributed by atoms with Gasteiger partial charge in [0.25, 0.3) is 0 Å². The van der Waals surface area contributed by atoms with Gasteiger partial charge in [-0.3, -0.25) is 4.90 Å². The van der Waals surface area contributed by atoms with Gasteiger partial charge in [0.2, 0.25) is 0 Å². The maximum atomic E-state index is 3.52. The molecular formula is C14H18N2. The monoisotopic (exact) mass is 214 g/mol. The fraction of sp³-hybridized carbons (Fsp3) is 0.571. The second-order valence-electron chi connectivity index (χ2n) is 5.38. The third-order valence-corrected chi connectivity index (χ3v) is 4.34. The Hall–Kier alpha value is -0.860. The summed E-state index contributed by atoms with van der Waals surface area (Å²) in [4.78, 5) is 2.65. The number of nitrogens with zero attached hydrogens (tertiary/aromatic N) is 1. The molecule has 1 saturated heterocycles. The van der Waals surface area contributed by atoms with Crippen molar-refractivity contribution in [1.82, 2.24) is 10.2 Å². The first-order valence-corrected chi connectivity index (χ1v) is 6.50. The predicted molar refractivity (Wildman–Crippen MR) is 64.4 cm³/mol. The molecule has 2 fully saturated rings. The largest absolute Gasteiger partial charge is 0.314 e. The van der Waals surface area contributed by atoms with Crippen LogP contribution in [0.3, 0.4) is 0 Å². The molecule has 2 aliphatic heterocycles. The molecule has 0 amide bonds. The zero-order valence-corrected chi connectivity index (χ0v) is 9.58. The van der Waals surface area contributed by atoms with Crippen molar-refractivity contribution in [3.05, 3.63) is 34.9 Å². The van der Waals surface area contributed by atoms with Crippen molar-refractivity contribution in [3.8, 4) is 0 Å². The fourth-order valence-electron chi connectivity index (χ4n) is 3.34. The maximum absolute atomic E-state index is 3.52. The summed E-state index contributed by atoms with van der Waals surface area (Å²) in [6.45, 7) is 4.71. The van der Waals surface area contributed by atoms with Crippen LogP contribution < -0.4 is 5.32 Å². The summed E-state index contributed by atoms with van der Waals surface area (Å²) >= 11 is 0. The van der Waals surface area contributed by atoms with Crippen molar-refractivity contribution in [2.24, 2.45) is 0 Å². The van der Waals surface area contributed by atoms with Gasteiger partial charge in [-0.15, -0.1) is 0 Å². The van der Waals surface area contributed by atoms with Gasteiger partial charge in [0.15, 0.2) is 0 Å². The molecule has 1 N–H and O–H groups in total. The van der Waals surface area contributed by atoms with Crippen LogP contribution in [-0.4, -0.2) is 24.5 Å². The third-order valence-electron chi connectivity index (χ3n) is 4.34. The summed E-state index contributed by atoms with van der Waals surface area (Å²) in [5, 5.41) is 3.52. The van der Waals surface area contributed by atoms with Gasteiger partial charge < -0.3 is 5.32 Å². The number of rotatable bonds is 1. The van der Waals surface area contributed by atoms with Crippen molar-refractivity contribution in [1.29, 1.82) is 0 Å². The molecule has 1 unspecified atom stereocenters. The second kappa shape index (κ2) is 3.31. The van der Waals surface area contributed by atoms with Crippen LogP contribution in [0.15, 0.2) is 18.2 Å². The Labute approximate surface area is 96.6 Å². The van der Waals surface area contributed by atoms with Gasteiger partial charge >= 0.3 is 0 Å². The minimum absolute atomic E-state index is 0.655. The summed E-state index contributed by atoms with van der Waals surface area (Å²) in [6, 6.07) is 7.63. The van der Waals surface area contributed by atoms with Crippen LogP contribution in [0.4, 0.5) is 0 Å². The maximum Gasteiger partial charge on any atom is 0.0480 e. The van der Waals surface area contributed by atoms with E-state index in [2.05, 4.69) is 28.4 Å². The first kappa shape index (κ1) is 9.20. The van der Waals surface area contributed by atoms with Gasteiger partial charge in [0, 0.05) is 32.2 Å². The van der Waals surface area contributed by atoms with E-state index in [9.17, 15) is 0 Å². The zero-order valence-electron chi connectivity index (χ0n) is 9.58. The molecule has 4 rings (SSSR count). The van der Waals surface area contributed by atoms with Gasteiger partial charge in [0.05, 0.1) is 0 Å². The van der Waals surface area contributed by atoms with E-state index in [1.807, 2.05) is 0 Å². The van der Waals surface area contributed by atoms with E-state index in [1.165, 1.54) is 25.9 Å². The van der Waals surface area contributed by atoms with E-state index in [0.717, 1.165) is 19.0 Å². The molecule has 1 aromatic carbocycles. The van der Waals surface area contributed by atoms with Crippen LogP contribution >= 0.6 is 0 Å². The SMILES string of the molecule is c1cc(C2CC2)c2c(c1)C1CNCCN1C2. The van der Waals surface area contributed by atoms with E-state index in [1.54, 1.807) is 16.7 Å². The highest BCUT2D eigenvalue weighted by Crippen LogP contribution is 2.46. The number of hydrogen-bond donors (Lipinski definition) is 1. The van der Waals surface area contributed by atoms with E-state index in [-0.39, 0.29) is 0 Å². The van der Waals surface area contributed by atoms with Crippen molar-refractivity contribution < 1.29 is 0 Å². The van der Waals surface area contributed by atoms with E-state index in [0.29, 0.717) is 6.04 Å². The number of piperazine rings is 1. The van der Waals surface area contributed by atoms with Crippen molar-refractivity contribution in [2.75, 3.05) is 19.6 Å². The summed E-state index contributed by atoms with van der Waals surface area (Å²) in [7, 11) is 0. The summed E-state index contributed by atoms with van der Waals surface area (Å²) in [5.74, 6) is 0.893. The van der Waals surface area contributed by atoms with Crippen molar-refractivity contribution in [2.45, 2.75) is 31.3 Å². The Kier molecular flexibility index (Phi) is 1.91. The molecule has 2 heteroatoms. The van der Waals surface area contributed by atoms with Gasteiger partial charge in [-0.2, -0.15) is 0 Å². The highest BCUT2D eigenvalue weighted by atomic mass is 15.2. The van der Waals surface area contributed by atoms with Gasteiger partial charge in [-0.25, -0.2) is 0 Å². The van der Waals surface area contributed by atoms with E-state index >= 15 is 0 Å². The Bertz CT molecular complexity index is 423. The standard InChI is InChI=1S/C14H18N2/c1-2-11(10-4-5-10)13-9-16-7-6-15-8-14(16)12(13)3-1/h1-3,10,14-15H,4-9H2. The Morgan fingerprint density at radius 2 is 2.06 bits per heavy atom. The molecule has 0 aromatic heterocycles. The van der Waals surface area contributed by atoms with E-state index in [4.69, 9.17) is 0 Å². The lowest BCUT2D eigenvalue weighted by atomic mass is 9.97. The van der Waals surface area contributed by atoms with Gasteiger partial charge in [-0.1, -0.05) is 18.2 Å². The van der Waals surface area contributed by atoms with Crippen molar-refractivity contribution in [3.63, 3.8) is 0 Å². The highest BCUT2D eigenvalue weighted by molar-refractivity contribution is 5.44. The molecule has 0 spiro atoms. The average Bonchev–Trinajstić information content (AvgIpc) is 3.09. The predicted octanol–water partition coefficient (Wildman–Crippen LogP) is 2.02. The molecule has 2 nitrogen and oxygen atoms in total. The molecule has 16 heavy (non-hydrogen) atoms. The Morgan fingerprint density at radius 3 is 2.94 bits per heavy atom. The molecule has 1 saturated carbocycles. The molecule has 84 valence electrons. The summed E-state index contributed by atoms with van der Waals surface area (Å²) in [6.07, 6.45) is 2.83. The first-order chi connectivity index (χ1) is 7.93. The van der Waals surface area contributed by atoms with Gasteiger partial charge in [0.1, 0.15) is 0 Å². The average molecular weight is 214 g/mol. The van der Waals surface area contributed by atoms with Crippen LogP contribution in [0.25, 0.3) is 0 Å². The van der Waals surface area contributed by atoms with Crippen LogP contribution in [-0.2, 0) is 6.54 Å². The molecule has 3 aliphatic rings. The van der Waals surface area contributed by atoms with Crippen LogP contribution in [0.5, 0.6) is 0 Å². The second-order valence-corrected chi connectivity index (χ2v) is 5.38. The van der Waals surface area contributed by atoms with E-state index < -0.39 is 0 Å². The lowest BCUT2D eigenvalue weighted by Gasteiger charge is -2.30. The lowest BCUT2D eigenvalue weighted by Crippen LogP contribution is -2.42. The topological polar surface area (TPSA) is 15.3 Å². The lowest BCUT2D eigenvalue weighted by molar-refractivity contribution is 0.178. The molecule has 0 bridgehead atoms. The first-order valence-electron chi connectivity index (χ1n) is 6.50.